The fraction of sp³-hybridized carbons (Fsp3) is 0.900. The number of ether oxygens (including phenoxy) is 1. The highest BCUT2D eigenvalue weighted by Gasteiger charge is 2.51. The summed E-state index contributed by atoms with van der Waals surface area (Å²) < 4.78 is 5.10. The van der Waals surface area contributed by atoms with Crippen LogP contribution in [0.3, 0.4) is 0 Å². The summed E-state index contributed by atoms with van der Waals surface area (Å²) in [5, 5.41) is 0. The van der Waals surface area contributed by atoms with Gasteiger partial charge in [-0.1, -0.05) is 0 Å². The molecule has 2 heterocycles. The van der Waals surface area contributed by atoms with Crippen LogP contribution in [0.25, 0.3) is 0 Å². The van der Waals surface area contributed by atoms with Crippen LogP contribution in [0.1, 0.15) is 26.2 Å². The van der Waals surface area contributed by atoms with Gasteiger partial charge in [0.1, 0.15) is 0 Å². The summed E-state index contributed by atoms with van der Waals surface area (Å²) in [5.74, 6) is 0.0338. The number of carbonyl (C=O) groups excluding carboxylic acids is 1. The summed E-state index contributed by atoms with van der Waals surface area (Å²) in [4.78, 5) is 13.9. The van der Waals surface area contributed by atoms with Gasteiger partial charge in [0.15, 0.2) is 0 Å². The highest BCUT2D eigenvalue weighted by molar-refractivity contribution is 5.79. The summed E-state index contributed by atoms with van der Waals surface area (Å²) in [6.07, 6.45) is 3.05. The molecule has 13 heavy (non-hydrogen) atoms. The molecule has 2 rings (SSSR count). The van der Waals surface area contributed by atoms with E-state index in [2.05, 4.69) is 18.9 Å². The second-order valence-electron chi connectivity index (χ2n) is 4.30. The SMILES string of the molecule is C[C@@H]1N(C)CCC[C@]12CCOC2=O. The van der Waals surface area contributed by atoms with Crippen LogP contribution in [0.2, 0.25) is 0 Å². The van der Waals surface area contributed by atoms with Crippen molar-refractivity contribution < 1.29 is 9.53 Å². The van der Waals surface area contributed by atoms with E-state index in [1.807, 2.05) is 0 Å². The molecule has 0 saturated carbocycles. The van der Waals surface area contributed by atoms with Crippen molar-refractivity contribution >= 4 is 5.97 Å². The van der Waals surface area contributed by atoms with Crippen LogP contribution in [0.5, 0.6) is 0 Å². The Labute approximate surface area is 79.0 Å². The number of cyclic esters (lactones) is 1. The first-order valence-corrected chi connectivity index (χ1v) is 5.04. The van der Waals surface area contributed by atoms with Crippen LogP contribution < -0.4 is 0 Å². The smallest absolute Gasteiger partial charge is 0.313 e. The van der Waals surface area contributed by atoms with E-state index in [1.165, 1.54) is 0 Å². The van der Waals surface area contributed by atoms with Gasteiger partial charge in [0, 0.05) is 6.04 Å². The van der Waals surface area contributed by atoms with Gasteiger partial charge in [0.05, 0.1) is 12.0 Å². The molecule has 2 aliphatic heterocycles. The van der Waals surface area contributed by atoms with E-state index in [4.69, 9.17) is 4.74 Å². The molecule has 0 amide bonds. The fourth-order valence-electron chi connectivity index (χ4n) is 2.65. The van der Waals surface area contributed by atoms with Gasteiger partial charge in [0.25, 0.3) is 0 Å². The third kappa shape index (κ3) is 1.17. The van der Waals surface area contributed by atoms with Crippen molar-refractivity contribution in [3.05, 3.63) is 0 Å². The number of carbonyl (C=O) groups is 1. The van der Waals surface area contributed by atoms with Gasteiger partial charge >= 0.3 is 5.97 Å². The predicted molar refractivity (Wildman–Crippen MR) is 49.3 cm³/mol. The molecule has 0 aliphatic carbocycles. The van der Waals surface area contributed by atoms with Crippen molar-refractivity contribution in [1.82, 2.24) is 4.90 Å². The van der Waals surface area contributed by atoms with Gasteiger partial charge < -0.3 is 9.64 Å². The maximum Gasteiger partial charge on any atom is 0.313 e. The Bertz CT molecular complexity index is 229. The molecule has 0 aromatic heterocycles. The average Bonchev–Trinajstić information content (AvgIpc) is 2.45. The number of esters is 1. The lowest BCUT2D eigenvalue weighted by atomic mass is 9.73. The second-order valence-corrected chi connectivity index (χ2v) is 4.30. The number of likely N-dealkylation sites (tertiary alicyclic amines) is 1. The van der Waals surface area contributed by atoms with E-state index >= 15 is 0 Å². The van der Waals surface area contributed by atoms with E-state index in [1.54, 1.807) is 0 Å². The minimum Gasteiger partial charge on any atom is -0.465 e. The molecule has 1 spiro atoms. The van der Waals surface area contributed by atoms with Crippen LogP contribution in [-0.4, -0.2) is 37.1 Å². The summed E-state index contributed by atoms with van der Waals surface area (Å²) in [5.41, 5.74) is -0.174. The molecule has 3 nitrogen and oxygen atoms in total. The number of piperidine rings is 1. The Morgan fingerprint density at radius 3 is 2.92 bits per heavy atom. The van der Waals surface area contributed by atoms with E-state index in [-0.39, 0.29) is 11.4 Å². The molecule has 0 aromatic carbocycles. The molecule has 2 fully saturated rings. The zero-order valence-electron chi connectivity index (χ0n) is 8.38. The van der Waals surface area contributed by atoms with Crippen LogP contribution >= 0.6 is 0 Å². The lowest BCUT2D eigenvalue weighted by molar-refractivity contribution is -0.151. The highest BCUT2D eigenvalue weighted by atomic mass is 16.5. The molecule has 74 valence electrons. The lowest BCUT2D eigenvalue weighted by Gasteiger charge is -2.42. The number of rotatable bonds is 0. The predicted octanol–water partition coefficient (Wildman–Crippen LogP) is 1.03. The fourth-order valence-corrected chi connectivity index (χ4v) is 2.65. The van der Waals surface area contributed by atoms with Crippen LogP contribution in [0, 0.1) is 5.41 Å². The number of hydrogen-bond acceptors (Lipinski definition) is 3. The normalized spacial score (nSPS) is 41.1. The molecule has 0 radical (unpaired) electrons. The zero-order chi connectivity index (χ0) is 9.47. The van der Waals surface area contributed by atoms with E-state index in [9.17, 15) is 4.79 Å². The number of nitrogens with zero attached hydrogens (tertiary/aromatic N) is 1. The highest BCUT2D eigenvalue weighted by Crippen LogP contribution is 2.42. The van der Waals surface area contributed by atoms with E-state index < -0.39 is 0 Å². The largest absolute Gasteiger partial charge is 0.465 e. The molecular formula is C10H17NO2. The van der Waals surface area contributed by atoms with Gasteiger partial charge in [-0.25, -0.2) is 0 Å². The quantitative estimate of drug-likeness (QED) is 0.525. The Morgan fingerprint density at radius 2 is 2.31 bits per heavy atom. The summed E-state index contributed by atoms with van der Waals surface area (Å²) >= 11 is 0. The number of hydrogen-bond donors (Lipinski definition) is 0. The summed E-state index contributed by atoms with van der Waals surface area (Å²) in [6.45, 7) is 3.87. The van der Waals surface area contributed by atoms with Gasteiger partial charge in [-0.05, 0) is 39.8 Å². The molecular weight excluding hydrogens is 166 g/mol. The Morgan fingerprint density at radius 1 is 1.54 bits per heavy atom. The zero-order valence-corrected chi connectivity index (χ0v) is 8.38. The summed E-state index contributed by atoms with van der Waals surface area (Å²) in [7, 11) is 2.09. The van der Waals surface area contributed by atoms with Crippen molar-refractivity contribution in [3.8, 4) is 0 Å². The van der Waals surface area contributed by atoms with Crippen LogP contribution in [-0.2, 0) is 9.53 Å². The maximum absolute atomic E-state index is 11.7. The van der Waals surface area contributed by atoms with Crippen molar-refractivity contribution in [1.29, 1.82) is 0 Å². The first-order valence-electron chi connectivity index (χ1n) is 5.04. The molecule has 0 unspecified atom stereocenters. The monoisotopic (exact) mass is 183 g/mol. The first-order chi connectivity index (χ1) is 6.17. The molecule has 2 aliphatic rings. The molecule has 0 N–H and O–H groups in total. The molecule has 2 atom stereocenters. The summed E-state index contributed by atoms with van der Waals surface area (Å²) in [6, 6.07) is 0.344. The van der Waals surface area contributed by atoms with Gasteiger partial charge in [-0.2, -0.15) is 0 Å². The lowest BCUT2D eigenvalue weighted by Crippen LogP contribution is -2.51. The van der Waals surface area contributed by atoms with Crippen molar-refractivity contribution in [2.75, 3.05) is 20.2 Å². The van der Waals surface area contributed by atoms with Crippen LogP contribution in [0.4, 0.5) is 0 Å². The van der Waals surface area contributed by atoms with Gasteiger partial charge in [-0.3, -0.25) is 4.79 Å². The van der Waals surface area contributed by atoms with Crippen LogP contribution in [0.15, 0.2) is 0 Å². The second kappa shape index (κ2) is 2.98. The average molecular weight is 183 g/mol. The minimum absolute atomic E-state index is 0.0338. The van der Waals surface area contributed by atoms with Crippen molar-refractivity contribution in [2.24, 2.45) is 5.41 Å². The van der Waals surface area contributed by atoms with Gasteiger partial charge in [-0.15, -0.1) is 0 Å². The van der Waals surface area contributed by atoms with Crippen molar-refractivity contribution in [2.45, 2.75) is 32.2 Å². The first kappa shape index (κ1) is 9.00. The van der Waals surface area contributed by atoms with Gasteiger partial charge in [0.2, 0.25) is 0 Å². The Balaban J connectivity index is 2.24. The third-order valence-electron chi connectivity index (χ3n) is 3.78. The molecule has 0 bridgehead atoms. The topological polar surface area (TPSA) is 29.5 Å². The molecule has 0 aromatic rings. The Kier molecular flexibility index (Phi) is 2.06. The third-order valence-corrected chi connectivity index (χ3v) is 3.78. The van der Waals surface area contributed by atoms with E-state index in [0.29, 0.717) is 12.6 Å². The maximum atomic E-state index is 11.7. The molecule has 2 saturated heterocycles. The molecule has 3 heteroatoms. The van der Waals surface area contributed by atoms with E-state index in [0.717, 1.165) is 25.8 Å². The standard InChI is InChI=1S/C10H17NO2/c1-8-10(4-3-6-11(8)2)5-7-13-9(10)12/h8H,3-7H2,1-2H3/t8-,10-/m0/s1. The Hall–Kier alpha value is -0.570. The minimum atomic E-state index is -0.174. The van der Waals surface area contributed by atoms with Crippen molar-refractivity contribution in [3.63, 3.8) is 0 Å².